The van der Waals surface area contributed by atoms with Gasteiger partial charge in [0.2, 0.25) is 6.79 Å². The van der Waals surface area contributed by atoms with Crippen LogP contribution in [0, 0.1) is 0 Å². The lowest BCUT2D eigenvalue weighted by Gasteiger charge is -2.25. The Bertz CT molecular complexity index is 806. The number of esters is 1. The first-order valence-corrected chi connectivity index (χ1v) is 7.29. The van der Waals surface area contributed by atoms with Crippen molar-refractivity contribution in [1.29, 1.82) is 0 Å². The molecule has 0 bridgehead atoms. The molecule has 2 heterocycles. The molecule has 0 saturated carbocycles. The van der Waals surface area contributed by atoms with Crippen molar-refractivity contribution < 1.29 is 32.5 Å². The highest BCUT2D eigenvalue weighted by molar-refractivity contribution is 5.78. The number of carbonyl (C=O) groups excluding carboxylic acids is 1. The molecule has 5 nitrogen and oxygen atoms in total. The minimum atomic E-state index is -2.90. The van der Waals surface area contributed by atoms with Gasteiger partial charge >= 0.3 is 12.6 Å². The van der Waals surface area contributed by atoms with Crippen LogP contribution in [0.3, 0.4) is 0 Å². The average molecular weight is 334 g/mol. The summed E-state index contributed by atoms with van der Waals surface area (Å²) in [5.74, 6) is 0.779. The highest BCUT2D eigenvalue weighted by atomic mass is 19.3. The standard InChI is InChI=1S/C17H12F2O5/c18-17(19)23-10-3-1-2-9(4-10)11-6-16(20)24-13-7-15-14(5-12(11)13)21-8-22-15/h1-5,7,11,17H,6,8H2/t11-/m1/s1. The molecule has 0 fully saturated rings. The average Bonchev–Trinajstić information content (AvgIpc) is 2.99. The predicted molar refractivity (Wildman–Crippen MR) is 77.7 cm³/mol. The Labute approximate surface area is 135 Å². The van der Waals surface area contributed by atoms with Gasteiger partial charge in [0, 0.05) is 17.5 Å². The van der Waals surface area contributed by atoms with Crippen LogP contribution in [0.1, 0.15) is 23.5 Å². The Hall–Kier alpha value is -2.83. The van der Waals surface area contributed by atoms with E-state index in [2.05, 4.69) is 4.74 Å². The summed E-state index contributed by atoms with van der Waals surface area (Å²) < 4.78 is 45.2. The highest BCUT2D eigenvalue weighted by Crippen LogP contribution is 2.46. The molecular formula is C17H12F2O5. The molecule has 0 N–H and O–H groups in total. The van der Waals surface area contributed by atoms with E-state index in [0.29, 0.717) is 22.8 Å². The molecule has 0 radical (unpaired) electrons. The molecule has 24 heavy (non-hydrogen) atoms. The van der Waals surface area contributed by atoms with Crippen LogP contribution in [0.5, 0.6) is 23.0 Å². The molecule has 0 aliphatic carbocycles. The molecule has 0 aromatic heterocycles. The van der Waals surface area contributed by atoms with E-state index in [1.807, 2.05) is 0 Å². The summed E-state index contributed by atoms with van der Waals surface area (Å²) in [5, 5.41) is 0. The Morgan fingerprint density at radius 1 is 1.08 bits per heavy atom. The zero-order chi connectivity index (χ0) is 16.7. The minimum Gasteiger partial charge on any atom is -0.454 e. The van der Waals surface area contributed by atoms with Gasteiger partial charge in [0.05, 0.1) is 6.42 Å². The zero-order valence-electron chi connectivity index (χ0n) is 12.3. The van der Waals surface area contributed by atoms with Crippen LogP contribution in [0.15, 0.2) is 36.4 Å². The minimum absolute atomic E-state index is 0.0451. The lowest BCUT2D eigenvalue weighted by Crippen LogP contribution is -2.21. The summed E-state index contributed by atoms with van der Waals surface area (Å²) in [6, 6.07) is 9.69. The Balaban J connectivity index is 1.76. The van der Waals surface area contributed by atoms with Gasteiger partial charge in [0.15, 0.2) is 11.5 Å². The number of alkyl halides is 2. The van der Waals surface area contributed by atoms with Crippen molar-refractivity contribution in [3.05, 3.63) is 47.5 Å². The molecular weight excluding hydrogens is 322 g/mol. The van der Waals surface area contributed by atoms with Crippen molar-refractivity contribution in [2.24, 2.45) is 0 Å². The van der Waals surface area contributed by atoms with Crippen molar-refractivity contribution in [2.45, 2.75) is 19.0 Å². The fourth-order valence-electron chi connectivity index (χ4n) is 2.95. The van der Waals surface area contributed by atoms with E-state index in [4.69, 9.17) is 14.2 Å². The number of rotatable bonds is 3. The van der Waals surface area contributed by atoms with Gasteiger partial charge in [0.1, 0.15) is 11.5 Å². The van der Waals surface area contributed by atoms with Crippen LogP contribution < -0.4 is 18.9 Å². The maximum Gasteiger partial charge on any atom is 0.387 e. The highest BCUT2D eigenvalue weighted by Gasteiger charge is 2.31. The van der Waals surface area contributed by atoms with E-state index in [9.17, 15) is 13.6 Å². The second-order valence-corrected chi connectivity index (χ2v) is 5.43. The fraction of sp³-hybridized carbons (Fsp3) is 0.235. The molecule has 124 valence electrons. The number of halogens is 2. The van der Waals surface area contributed by atoms with Crippen molar-refractivity contribution in [3.63, 3.8) is 0 Å². The van der Waals surface area contributed by atoms with Gasteiger partial charge in [0.25, 0.3) is 0 Å². The molecule has 0 spiro atoms. The Kier molecular flexibility index (Phi) is 3.48. The molecule has 0 unspecified atom stereocenters. The summed E-state index contributed by atoms with van der Waals surface area (Å²) in [6.45, 7) is -2.80. The van der Waals surface area contributed by atoms with E-state index in [-0.39, 0.29) is 24.9 Å². The second kappa shape index (κ2) is 5.67. The lowest BCUT2D eigenvalue weighted by molar-refractivity contribution is -0.135. The second-order valence-electron chi connectivity index (χ2n) is 5.43. The number of hydrogen-bond acceptors (Lipinski definition) is 5. The third-order valence-electron chi connectivity index (χ3n) is 3.96. The van der Waals surface area contributed by atoms with Crippen LogP contribution in [0.4, 0.5) is 8.78 Å². The van der Waals surface area contributed by atoms with Crippen molar-refractivity contribution >= 4 is 5.97 Å². The van der Waals surface area contributed by atoms with Gasteiger partial charge < -0.3 is 18.9 Å². The lowest BCUT2D eigenvalue weighted by atomic mass is 9.86. The smallest absolute Gasteiger partial charge is 0.387 e. The number of ether oxygens (including phenoxy) is 4. The van der Waals surface area contributed by atoms with Gasteiger partial charge in [-0.05, 0) is 23.8 Å². The Morgan fingerprint density at radius 3 is 2.67 bits per heavy atom. The first kappa shape index (κ1) is 14.7. The molecule has 0 saturated heterocycles. The van der Waals surface area contributed by atoms with Crippen LogP contribution in [-0.4, -0.2) is 19.4 Å². The topological polar surface area (TPSA) is 54.0 Å². The molecule has 2 aromatic rings. The monoisotopic (exact) mass is 334 g/mol. The maximum absolute atomic E-state index is 12.4. The van der Waals surface area contributed by atoms with E-state index in [0.717, 1.165) is 5.56 Å². The third kappa shape index (κ3) is 2.62. The van der Waals surface area contributed by atoms with Gasteiger partial charge in [-0.3, -0.25) is 4.79 Å². The summed E-state index contributed by atoms with van der Waals surface area (Å²) in [6.07, 6.45) is 0.102. The first-order chi connectivity index (χ1) is 11.6. The van der Waals surface area contributed by atoms with E-state index >= 15 is 0 Å². The molecule has 7 heteroatoms. The number of hydrogen-bond donors (Lipinski definition) is 0. The van der Waals surface area contributed by atoms with E-state index in [1.54, 1.807) is 24.3 Å². The van der Waals surface area contributed by atoms with Gasteiger partial charge in [-0.25, -0.2) is 0 Å². The van der Waals surface area contributed by atoms with Gasteiger partial charge in [-0.1, -0.05) is 12.1 Å². The molecule has 2 aliphatic rings. The van der Waals surface area contributed by atoms with Crippen LogP contribution in [-0.2, 0) is 4.79 Å². The van der Waals surface area contributed by atoms with E-state index < -0.39 is 12.6 Å². The number of carbonyl (C=O) groups is 1. The van der Waals surface area contributed by atoms with Crippen molar-refractivity contribution in [2.75, 3.05) is 6.79 Å². The molecule has 1 atom stereocenters. The van der Waals surface area contributed by atoms with Gasteiger partial charge in [-0.15, -0.1) is 0 Å². The fourth-order valence-corrected chi connectivity index (χ4v) is 2.95. The van der Waals surface area contributed by atoms with Crippen molar-refractivity contribution in [1.82, 2.24) is 0 Å². The predicted octanol–water partition coefficient (Wildman–Crippen LogP) is 3.46. The summed E-state index contributed by atoms with van der Waals surface area (Å²) >= 11 is 0. The quantitative estimate of drug-likeness (QED) is 0.636. The molecule has 2 aromatic carbocycles. The number of benzene rings is 2. The molecule has 0 amide bonds. The molecule has 2 aliphatic heterocycles. The maximum atomic E-state index is 12.4. The summed E-state index contributed by atoms with van der Waals surface area (Å²) in [4.78, 5) is 11.9. The molecule has 4 rings (SSSR count). The first-order valence-electron chi connectivity index (χ1n) is 7.29. The van der Waals surface area contributed by atoms with Crippen LogP contribution in [0.2, 0.25) is 0 Å². The van der Waals surface area contributed by atoms with Crippen LogP contribution >= 0.6 is 0 Å². The van der Waals surface area contributed by atoms with Gasteiger partial charge in [-0.2, -0.15) is 8.78 Å². The van der Waals surface area contributed by atoms with Crippen molar-refractivity contribution in [3.8, 4) is 23.0 Å². The third-order valence-corrected chi connectivity index (χ3v) is 3.96. The zero-order valence-corrected chi connectivity index (χ0v) is 12.3. The summed E-state index contributed by atoms with van der Waals surface area (Å²) in [5.41, 5.74) is 1.43. The Morgan fingerprint density at radius 2 is 1.88 bits per heavy atom. The SMILES string of the molecule is O=C1C[C@H](c2cccc(OC(F)F)c2)c2cc3c(cc2O1)OCO3. The normalized spacial score (nSPS) is 18.3. The van der Waals surface area contributed by atoms with Crippen LogP contribution in [0.25, 0.3) is 0 Å². The number of fused-ring (bicyclic) bond motifs is 2. The van der Waals surface area contributed by atoms with E-state index in [1.165, 1.54) is 12.1 Å². The largest absolute Gasteiger partial charge is 0.454 e. The summed E-state index contributed by atoms with van der Waals surface area (Å²) in [7, 11) is 0.